The van der Waals surface area contributed by atoms with Crippen LogP contribution in [0.3, 0.4) is 0 Å². The van der Waals surface area contributed by atoms with E-state index in [4.69, 9.17) is 5.11 Å². The van der Waals surface area contributed by atoms with E-state index in [-0.39, 0.29) is 12.3 Å². The van der Waals surface area contributed by atoms with Crippen LogP contribution in [0.5, 0.6) is 0 Å². The monoisotopic (exact) mass is 141 g/mol. The number of nitrogens with one attached hydrogen (secondary N) is 1. The molecule has 0 fully saturated rings. The molecule has 0 aliphatic rings. The molecule has 0 aromatic carbocycles. The quantitative estimate of drug-likeness (QED) is 0.596. The summed E-state index contributed by atoms with van der Waals surface area (Å²) in [6.07, 6.45) is 1.72. The van der Waals surface area contributed by atoms with Crippen LogP contribution in [-0.4, -0.2) is 21.9 Å². The number of H-pyrrole nitrogens is 1. The van der Waals surface area contributed by atoms with Crippen molar-refractivity contribution >= 4 is 5.69 Å². The Morgan fingerprint density at radius 1 is 1.80 bits per heavy atom. The van der Waals surface area contributed by atoms with Crippen molar-refractivity contribution in [2.45, 2.75) is 6.42 Å². The number of nitroso groups, excluding NO2 is 1. The molecule has 5 heteroatoms. The van der Waals surface area contributed by atoms with Gasteiger partial charge in [-0.1, -0.05) is 0 Å². The number of aliphatic hydroxyl groups excluding tert-OH is 1. The highest BCUT2D eigenvalue weighted by molar-refractivity contribution is 5.38. The normalized spacial score (nSPS) is 9.70. The Kier molecular flexibility index (Phi) is 2.11. The van der Waals surface area contributed by atoms with Gasteiger partial charge in [-0.2, -0.15) is 5.10 Å². The van der Waals surface area contributed by atoms with Crippen LogP contribution in [0.25, 0.3) is 0 Å². The van der Waals surface area contributed by atoms with Crippen molar-refractivity contribution < 1.29 is 5.11 Å². The zero-order chi connectivity index (χ0) is 7.40. The SMILES string of the molecule is O=Nc1cn[nH]c1CCO. The standard InChI is InChI=1S/C5H7N3O2/c9-2-1-4-5(8-10)3-6-7-4/h3,9H,1-2H2,(H,6,7). The van der Waals surface area contributed by atoms with E-state index in [1.54, 1.807) is 0 Å². The van der Waals surface area contributed by atoms with Gasteiger partial charge in [0.05, 0.1) is 11.9 Å². The first kappa shape index (κ1) is 6.88. The summed E-state index contributed by atoms with van der Waals surface area (Å²) in [5.41, 5.74) is 0.853. The van der Waals surface area contributed by atoms with E-state index in [1.807, 2.05) is 0 Å². The lowest BCUT2D eigenvalue weighted by Gasteiger charge is -1.89. The number of aromatic nitrogens is 2. The molecule has 1 rings (SSSR count). The van der Waals surface area contributed by atoms with Gasteiger partial charge in [-0.25, -0.2) is 0 Å². The zero-order valence-corrected chi connectivity index (χ0v) is 5.24. The van der Waals surface area contributed by atoms with Gasteiger partial charge in [-0.15, -0.1) is 4.91 Å². The maximum atomic E-state index is 9.97. The van der Waals surface area contributed by atoms with Crippen LogP contribution in [0.4, 0.5) is 5.69 Å². The highest BCUT2D eigenvalue weighted by Gasteiger charge is 2.02. The molecule has 1 aromatic rings. The zero-order valence-electron chi connectivity index (χ0n) is 5.24. The Labute approximate surface area is 57.0 Å². The van der Waals surface area contributed by atoms with Crippen LogP contribution < -0.4 is 0 Å². The second-order valence-corrected chi connectivity index (χ2v) is 1.80. The number of hydrogen-bond acceptors (Lipinski definition) is 4. The summed E-state index contributed by atoms with van der Waals surface area (Å²) < 4.78 is 0. The lowest BCUT2D eigenvalue weighted by molar-refractivity contribution is 0.298. The van der Waals surface area contributed by atoms with E-state index < -0.39 is 0 Å². The molecule has 0 saturated heterocycles. The second kappa shape index (κ2) is 3.07. The van der Waals surface area contributed by atoms with Crippen LogP contribution >= 0.6 is 0 Å². The Morgan fingerprint density at radius 3 is 3.20 bits per heavy atom. The summed E-state index contributed by atoms with van der Waals surface area (Å²) in [5, 5.41) is 17.3. The predicted molar refractivity (Wildman–Crippen MR) is 34.8 cm³/mol. The summed E-state index contributed by atoms with van der Waals surface area (Å²) in [7, 11) is 0. The first-order valence-corrected chi connectivity index (χ1v) is 2.85. The number of nitrogens with zero attached hydrogens (tertiary/aromatic N) is 2. The Balaban J connectivity index is 2.79. The van der Waals surface area contributed by atoms with E-state index in [0.717, 1.165) is 0 Å². The molecule has 54 valence electrons. The number of hydrogen-bond donors (Lipinski definition) is 2. The molecule has 0 unspecified atom stereocenters. The molecule has 0 aliphatic heterocycles. The largest absolute Gasteiger partial charge is 0.396 e. The summed E-state index contributed by atoms with van der Waals surface area (Å²) in [4.78, 5) is 9.97. The molecular formula is C5H7N3O2. The summed E-state index contributed by atoms with van der Waals surface area (Å²) in [5.74, 6) is 0. The molecule has 5 nitrogen and oxygen atoms in total. The smallest absolute Gasteiger partial charge is 0.148 e. The second-order valence-electron chi connectivity index (χ2n) is 1.80. The van der Waals surface area contributed by atoms with Gasteiger partial charge in [0, 0.05) is 13.0 Å². The van der Waals surface area contributed by atoms with Gasteiger partial charge in [0.2, 0.25) is 0 Å². The third-order valence-corrected chi connectivity index (χ3v) is 1.16. The van der Waals surface area contributed by atoms with Crippen LogP contribution in [0, 0.1) is 4.91 Å². The van der Waals surface area contributed by atoms with Crippen LogP contribution in [0.1, 0.15) is 5.69 Å². The van der Waals surface area contributed by atoms with Gasteiger partial charge in [0.25, 0.3) is 0 Å². The third-order valence-electron chi connectivity index (χ3n) is 1.16. The molecule has 2 N–H and O–H groups in total. The maximum Gasteiger partial charge on any atom is 0.148 e. The number of aliphatic hydroxyl groups is 1. The van der Waals surface area contributed by atoms with Gasteiger partial charge in [-0.3, -0.25) is 5.10 Å². The molecule has 0 atom stereocenters. The fourth-order valence-electron chi connectivity index (χ4n) is 0.681. The molecule has 0 aliphatic carbocycles. The molecule has 0 saturated carbocycles. The lowest BCUT2D eigenvalue weighted by Crippen LogP contribution is -1.90. The van der Waals surface area contributed by atoms with Crippen LogP contribution in [0.15, 0.2) is 11.4 Å². The first-order valence-electron chi connectivity index (χ1n) is 2.85. The Bertz CT molecular complexity index is 220. The average Bonchev–Trinajstić information content (AvgIpc) is 2.36. The van der Waals surface area contributed by atoms with Gasteiger partial charge >= 0.3 is 0 Å². The number of rotatable bonds is 3. The molecule has 1 aromatic heterocycles. The molecule has 1 heterocycles. The molecule has 10 heavy (non-hydrogen) atoms. The minimum absolute atomic E-state index is 0.00921. The van der Waals surface area contributed by atoms with Crippen molar-refractivity contribution in [3.05, 3.63) is 16.8 Å². The van der Waals surface area contributed by atoms with Crippen LogP contribution in [-0.2, 0) is 6.42 Å². The lowest BCUT2D eigenvalue weighted by atomic mass is 10.3. The molecule has 0 bridgehead atoms. The van der Waals surface area contributed by atoms with E-state index in [9.17, 15) is 4.91 Å². The summed E-state index contributed by atoms with van der Waals surface area (Å²) >= 11 is 0. The highest BCUT2D eigenvalue weighted by Crippen LogP contribution is 2.14. The van der Waals surface area contributed by atoms with Crippen molar-refractivity contribution in [2.75, 3.05) is 6.61 Å². The van der Waals surface area contributed by atoms with Crippen molar-refractivity contribution in [1.29, 1.82) is 0 Å². The average molecular weight is 141 g/mol. The van der Waals surface area contributed by atoms with E-state index >= 15 is 0 Å². The van der Waals surface area contributed by atoms with Crippen molar-refractivity contribution in [1.82, 2.24) is 10.2 Å². The van der Waals surface area contributed by atoms with Gasteiger partial charge in [0.15, 0.2) is 0 Å². The summed E-state index contributed by atoms with van der Waals surface area (Å²) in [6, 6.07) is 0. The van der Waals surface area contributed by atoms with Crippen molar-refractivity contribution in [3.63, 3.8) is 0 Å². The van der Waals surface area contributed by atoms with E-state index in [2.05, 4.69) is 15.4 Å². The van der Waals surface area contributed by atoms with E-state index in [1.165, 1.54) is 6.20 Å². The Hall–Kier alpha value is -1.23. The summed E-state index contributed by atoms with van der Waals surface area (Å²) in [6.45, 7) is -0.00921. The Morgan fingerprint density at radius 2 is 2.60 bits per heavy atom. The van der Waals surface area contributed by atoms with Gasteiger partial charge in [-0.05, 0) is 5.18 Å². The molecule has 0 spiro atoms. The fourth-order valence-corrected chi connectivity index (χ4v) is 0.681. The molecular weight excluding hydrogens is 134 g/mol. The first-order chi connectivity index (χ1) is 4.88. The van der Waals surface area contributed by atoms with Crippen molar-refractivity contribution in [3.8, 4) is 0 Å². The fraction of sp³-hybridized carbons (Fsp3) is 0.400. The maximum absolute atomic E-state index is 9.97. The van der Waals surface area contributed by atoms with E-state index in [0.29, 0.717) is 12.1 Å². The minimum Gasteiger partial charge on any atom is -0.396 e. The van der Waals surface area contributed by atoms with Gasteiger partial charge in [0.1, 0.15) is 5.69 Å². The molecule has 0 radical (unpaired) electrons. The topological polar surface area (TPSA) is 78.3 Å². The highest BCUT2D eigenvalue weighted by atomic mass is 16.3. The molecule has 0 amide bonds. The predicted octanol–water partition coefficient (Wildman–Crippen LogP) is 0.342. The van der Waals surface area contributed by atoms with Crippen LogP contribution in [0.2, 0.25) is 0 Å². The van der Waals surface area contributed by atoms with Gasteiger partial charge < -0.3 is 5.11 Å². The minimum atomic E-state index is -0.00921. The number of aromatic amines is 1. The van der Waals surface area contributed by atoms with Crippen molar-refractivity contribution in [2.24, 2.45) is 5.18 Å². The third kappa shape index (κ3) is 1.19.